The van der Waals surface area contributed by atoms with Gasteiger partial charge in [0.15, 0.2) is 0 Å². The van der Waals surface area contributed by atoms with Crippen LogP contribution in [0.1, 0.15) is 36.1 Å². The molecule has 1 unspecified atom stereocenters. The second-order valence-corrected chi connectivity index (χ2v) is 5.90. The van der Waals surface area contributed by atoms with Crippen LogP contribution in [0.5, 0.6) is 11.5 Å². The smallest absolute Gasteiger partial charge is 0.313 e. The van der Waals surface area contributed by atoms with E-state index in [0.717, 1.165) is 16.7 Å². The highest BCUT2D eigenvalue weighted by molar-refractivity contribution is 5.77. The molecule has 1 atom stereocenters. The van der Waals surface area contributed by atoms with Crippen molar-refractivity contribution in [2.24, 2.45) is 0 Å². The number of ether oxygens (including phenoxy) is 2. The second kappa shape index (κ2) is 8.33. The molecule has 0 aromatic heterocycles. The summed E-state index contributed by atoms with van der Waals surface area (Å²) >= 11 is 0. The van der Waals surface area contributed by atoms with Crippen molar-refractivity contribution in [2.45, 2.75) is 33.2 Å². The van der Waals surface area contributed by atoms with Gasteiger partial charge in [-0.05, 0) is 48.7 Å². The minimum absolute atomic E-state index is 0.0410. The van der Waals surface area contributed by atoms with Crippen molar-refractivity contribution < 1.29 is 19.1 Å². The van der Waals surface area contributed by atoms with E-state index in [9.17, 15) is 9.59 Å². The van der Waals surface area contributed by atoms with Gasteiger partial charge in [-0.15, -0.1) is 0 Å². The zero-order valence-corrected chi connectivity index (χ0v) is 15.0. The summed E-state index contributed by atoms with van der Waals surface area (Å²) in [6.07, 6.45) is 0.0410. The van der Waals surface area contributed by atoms with Crippen LogP contribution in [0.25, 0.3) is 0 Å². The van der Waals surface area contributed by atoms with E-state index in [1.54, 1.807) is 25.3 Å². The maximum absolute atomic E-state index is 12.4. The number of methoxy groups -OCH3 is 1. The number of benzene rings is 2. The van der Waals surface area contributed by atoms with E-state index >= 15 is 0 Å². The third-order valence-corrected chi connectivity index (χ3v) is 4.05. The van der Waals surface area contributed by atoms with Crippen LogP contribution in [0.2, 0.25) is 0 Å². The lowest BCUT2D eigenvalue weighted by Crippen LogP contribution is -2.29. The summed E-state index contributed by atoms with van der Waals surface area (Å²) < 4.78 is 10.6. The van der Waals surface area contributed by atoms with Crippen LogP contribution < -0.4 is 14.8 Å². The molecule has 0 radical (unpaired) electrons. The normalized spacial score (nSPS) is 11.5. The summed E-state index contributed by atoms with van der Waals surface area (Å²) in [5.74, 6) is 0.646. The molecule has 2 aromatic rings. The van der Waals surface area contributed by atoms with Gasteiger partial charge in [-0.2, -0.15) is 0 Å². The van der Waals surface area contributed by atoms with Gasteiger partial charge in [0, 0.05) is 6.92 Å². The van der Waals surface area contributed by atoms with Gasteiger partial charge >= 0.3 is 5.97 Å². The van der Waals surface area contributed by atoms with Crippen molar-refractivity contribution in [1.29, 1.82) is 0 Å². The van der Waals surface area contributed by atoms with E-state index < -0.39 is 12.0 Å². The Morgan fingerprint density at radius 1 is 1.08 bits per heavy atom. The van der Waals surface area contributed by atoms with E-state index in [0.29, 0.717) is 11.5 Å². The zero-order valence-electron chi connectivity index (χ0n) is 15.0. The Bertz CT molecular complexity index is 753. The van der Waals surface area contributed by atoms with Crippen LogP contribution in [-0.2, 0) is 9.59 Å². The molecule has 25 heavy (non-hydrogen) atoms. The van der Waals surface area contributed by atoms with Crippen molar-refractivity contribution >= 4 is 11.9 Å². The minimum Gasteiger partial charge on any atom is -0.497 e. The average molecular weight is 341 g/mol. The van der Waals surface area contributed by atoms with Crippen LogP contribution in [0.15, 0.2) is 42.5 Å². The second-order valence-electron chi connectivity index (χ2n) is 5.90. The summed E-state index contributed by atoms with van der Waals surface area (Å²) in [6.45, 7) is 5.30. The molecule has 0 fully saturated rings. The lowest BCUT2D eigenvalue weighted by Gasteiger charge is -2.18. The number of esters is 1. The molecule has 0 saturated carbocycles. The predicted octanol–water partition coefficient (Wildman–Crippen LogP) is 3.48. The fourth-order valence-corrected chi connectivity index (χ4v) is 2.50. The van der Waals surface area contributed by atoms with Gasteiger partial charge in [-0.1, -0.05) is 24.3 Å². The lowest BCUT2D eigenvalue weighted by molar-refractivity contribution is -0.135. The molecule has 1 amide bonds. The van der Waals surface area contributed by atoms with E-state index in [-0.39, 0.29) is 12.3 Å². The van der Waals surface area contributed by atoms with Gasteiger partial charge in [-0.25, -0.2) is 0 Å². The maximum Gasteiger partial charge on any atom is 0.313 e. The third kappa shape index (κ3) is 5.08. The first-order chi connectivity index (χ1) is 11.9. The Morgan fingerprint density at radius 2 is 1.76 bits per heavy atom. The summed E-state index contributed by atoms with van der Waals surface area (Å²) in [5.41, 5.74) is 2.80. The molecule has 0 heterocycles. The molecule has 0 aliphatic heterocycles. The Morgan fingerprint density at radius 3 is 2.36 bits per heavy atom. The van der Waals surface area contributed by atoms with E-state index in [1.165, 1.54) is 6.92 Å². The van der Waals surface area contributed by atoms with Crippen LogP contribution in [0.4, 0.5) is 0 Å². The number of hydrogen-bond acceptors (Lipinski definition) is 4. The maximum atomic E-state index is 12.4. The molecular weight excluding hydrogens is 318 g/mol. The number of carbonyl (C=O) groups is 2. The first kappa shape index (κ1) is 18.5. The highest BCUT2D eigenvalue weighted by atomic mass is 16.5. The van der Waals surface area contributed by atoms with Crippen molar-refractivity contribution in [3.05, 3.63) is 59.2 Å². The Kier molecular flexibility index (Phi) is 6.17. The van der Waals surface area contributed by atoms with Crippen molar-refractivity contribution in [3.8, 4) is 11.5 Å². The highest BCUT2D eigenvalue weighted by Crippen LogP contribution is 2.24. The predicted molar refractivity (Wildman–Crippen MR) is 95.7 cm³/mol. The van der Waals surface area contributed by atoms with Gasteiger partial charge in [0.25, 0.3) is 0 Å². The molecule has 0 spiro atoms. The molecule has 0 aliphatic rings. The zero-order chi connectivity index (χ0) is 18.4. The van der Waals surface area contributed by atoms with Crippen LogP contribution in [0, 0.1) is 13.8 Å². The number of aryl methyl sites for hydroxylation is 1. The standard InChI is InChI=1S/C20H23NO4/c1-13-6-5-7-19(14(13)2)25-20(23)12-18(21-15(3)22)16-8-10-17(24-4)11-9-16/h5-11,18H,12H2,1-4H3,(H,21,22). The molecule has 0 saturated heterocycles. The molecule has 132 valence electrons. The number of nitrogens with one attached hydrogen (secondary N) is 1. The van der Waals surface area contributed by atoms with Crippen LogP contribution >= 0.6 is 0 Å². The highest BCUT2D eigenvalue weighted by Gasteiger charge is 2.19. The van der Waals surface area contributed by atoms with Gasteiger partial charge in [0.05, 0.1) is 19.6 Å². The average Bonchev–Trinajstić information content (AvgIpc) is 2.58. The summed E-state index contributed by atoms with van der Waals surface area (Å²) in [5, 5.41) is 2.80. The quantitative estimate of drug-likeness (QED) is 0.645. The molecule has 2 rings (SSSR count). The minimum atomic E-state index is -0.457. The molecule has 5 nitrogen and oxygen atoms in total. The number of carbonyl (C=O) groups excluding carboxylic acids is 2. The Balaban J connectivity index is 2.13. The van der Waals surface area contributed by atoms with Gasteiger partial charge < -0.3 is 14.8 Å². The molecule has 1 N–H and O–H groups in total. The fourth-order valence-electron chi connectivity index (χ4n) is 2.50. The molecule has 0 bridgehead atoms. The van der Waals surface area contributed by atoms with Crippen LogP contribution in [-0.4, -0.2) is 19.0 Å². The van der Waals surface area contributed by atoms with Crippen LogP contribution in [0.3, 0.4) is 0 Å². The third-order valence-electron chi connectivity index (χ3n) is 4.05. The largest absolute Gasteiger partial charge is 0.497 e. The Labute approximate surface area is 148 Å². The summed E-state index contributed by atoms with van der Waals surface area (Å²) in [6, 6.07) is 12.3. The van der Waals surface area contributed by atoms with E-state index in [2.05, 4.69) is 5.32 Å². The molecule has 5 heteroatoms. The number of rotatable bonds is 6. The summed E-state index contributed by atoms with van der Waals surface area (Å²) in [7, 11) is 1.59. The lowest BCUT2D eigenvalue weighted by atomic mass is 10.0. The van der Waals surface area contributed by atoms with E-state index in [4.69, 9.17) is 9.47 Å². The van der Waals surface area contributed by atoms with Crippen molar-refractivity contribution in [3.63, 3.8) is 0 Å². The molecule has 2 aromatic carbocycles. The first-order valence-electron chi connectivity index (χ1n) is 8.08. The number of hydrogen-bond donors (Lipinski definition) is 1. The molecular formula is C20H23NO4. The Hall–Kier alpha value is -2.82. The fraction of sp³-hybridized carbons (Fsp3) is 0.300. The van der Waals surface area contributed by atoms with Gasteiger partial charge in [0.2, 0.25) is 5.91 Å². The summed E-state index contributed by atoms with van der Waals surface area (Å²) in [4.78, 5) is 23.9. The topological polar surface area (TPSA) is 64.6 Å². The van der Waals surface area contributed by atoms with Crippen molar-refractivity contribution in [2.75, 3.05) is 7.11 Å². The van der Waals surface area contributed by atoms with E-state index in [1.807, 2.05) is 38.1 Å². The van der Waals surface area contributed by atoms with Gasteiger partial charge in [0.1, 0.15) is 11.5 Å². The number of amides is 1. The molecule has 0 aliphatic carbocycles. The van der Waals surface area contributed by atoms with Crippen molar-refractivity contribution in [1.82, 2.24) is 5.32 Å². The monoisotopic (exact) mass is 341 g/mol. The SMILES string of the molecule is COc1ccc(C(CC(=O)Oc2cccc(C)c2C)NC(C)=O)cc1. The first-order valence-corrected chi connectivity index (χ1v) is 8.08. The van der Waals surface area contributed by atoms with Gasteiger partial charge in [-0.3, -0.25) is 9.59 Å².